The maximum Gasteiger partial charge on any atom is 0.337 e. The third kappa shape index (κ3) is 3.26. The van der Waals surface area contributed by atoms with Crippen LogP contribution in [0.5, 0.6) is 0 Å². The molecule has 0 amide bonds. The van der Waals surface area contributed by atoms with Gasteiger partial charge in [-0.15, -0.1) is 0 Å². The Hall–Kier alpha value is -2.25. The number of nitrogens with zero attached hydrogens (tertiary/aromatic N) is 2. The van der Waals surface area contributed by atoms with E-state index in [1.54, 1.807) is 24.5 Å². The molecule has 0 saturated heterocycles. The Balaban J connectivity index is 2.36. The van der Waals surface area contributed by atoms with Crippen LogP contribution in [0.15, 0.2) is 53.7 Å². The number of hydrogen-bond donors (Lipinski definition) is 1. The van der Waals surface area contributed by atoms with Crippen LogP contribution in [0.3, 0.4) is 0 Å². The molecule has 2 aromatic rings. The van der Waals surface area contributed by atoms with Gasteiger partial charge >= 0.3 is 5.97 Å². The molecule has 21 heavy (non-hydrogen) atoms. The quantitative estimate of drug-likeness (QED) is 0.906. The van der Waals surface area contributed by atoms with Gasteiger partial charge in [-0.1, -0.05) is 12.1 Å². The van der Waals surface area contributed by atoms with Gasteiger partial charge in [0.1, 0.15) is 0 Å². The van der Waals surface area contributed by atoms with Crippen LogP contribution in [0.4, 0.5) is 0 Å². The van der Waals surface area contributed by atoms with Crippen LogP contribution in [-0.2, 0) is 16.6 Å². The highest BCUT2D eigenvalue weighted by Crippen LogP contribution is 2.20. The zero-order valence-corrected chi connectivity index (χ0v) is 12.1. The summed E-state index contributed by atoms with van der Waals surface area (Å²) in [6.07, 6.45) is 3.14. The van der Waals surface area contributed by atoms with Crippen LogP contribution in [0.1, 0.15) is 15.9 Å². The van der Waals surface area contributed by atoms with Gasteiger partial charge in [0.15, 0.2) is 0 Å². The van der Waals surface area contributed by atoms with Gasteiger partial charge in [0.05, 0.1) is 10.5 Å². The standard InChI is InChI=1S/C14H14N2O4S/c1-16(10-11-6-8-15-9-7-11)21(19,20)13-5-3-2-4-12(13)14(17)18/h2-9H,10H2,1H3,(H,17,18). The van der Waals surface area contributed by atoms with Crippen molar-refractivity contribution in [1.82, 2.24) is 9.29 Å². The van der Waals surface area contributed by atoms with Crippen molar-refractivity contribution in [1.29, 1.82) is 0 Å². The molecular weight excluding hydrogens is 292 g/mol. The molecule has 1 heterocycles. The van der Waals surface area contributed by atoms with Crippen molar-refractivity contribution in [2.24, 2.45) is 0 Å². The molecular formula is C14H14N2O4S. The van der Waals surface area contributed by atoms with E-state index >= 15 is 0 Å². The summed E-state index contributed by atoms with van der Waals surface area (Å²) in [5, 5.41) is 9.11. The SMILES string of the molecule is CN(Cc1ccncc1)S(=O)(=O)c1ccccc1C(=O)O. The maximum atomic E-state index is 12.5. The molecule has 110 valence electrons. The fourth-order valence-electron chi connectivity index (χ4n) is 1.87. The molecule has 6 nitrogen and oxygen atoms in total. The first-order valence-electron chi connectivity index (χ1n) is 6.10. The minimum Gasteiger partial charge on any atom is -0.478 e. The largest absolute Gasteiger partial charge is 0.478 e. The highest BCUT2D eigenvalue weighted by Gasteiger charge is 2.26. The van der Waals surface area contributed by atoms with Crippen LogP contribution < -0.4 is 0 Å². The van der Waals surface area contributed by atoms with Crippen molar-refractivity contribution in [2.75, 3.05) is 7.05 Å². The third-order valence-electron chi connectivity index (χ3n) is 2.96. The fourth-order valence-corrected chi connectivity index (χ4v) is 3.21. The van der Waals surface area contributed by atoms with Crippen molar-refractivity contribution in [2.45, 2.75) is 11.4 Å². The van der Waals surface area contributed by atoms with Crippen molar-refractivity contribution < 1.29 is 18.3 Å². The number of benzene rings is 1. The van der Waals surface area contributed by atoms with Gasteiger partial charge in [-0.3, -0.25) is 4.98 Å². The molecule has 0 aliphatic rings. The van der Waals surface area contributed by atoms with E-state index < -0.39 is 16.0 Å². The molecule has 0 saturated carbocycles. The van der Waals surface area contributed by atoms with E-state index in [1.165, 1.54) is 31.3 Å². The Morgan fingerprint density at radius 2 is 1.81 bits per heavy atom. The Bertz CT molecular complexity index is 745. The van der Waals surface area contributed by atoms with Crippen LogP contribution in [0, 0.1) is 0 Å². The molecule has 1 aromatic carbocycles. The summed E-state index contributed by atoms with van der Waals surface area (Å²) in [4.78, 5) is 14.8. The molecule has 1 N–H and O–H groups in total. The normalized spacial score (nSPS) is 11.5. The second kappa shape index (κ2) is 6.02. The summed E-state index contributed by atoms with van der Waals surface area (Å²) >= 11 is 0. The smallest absolute Gasteiger partial charge is 0.337 e. The van der Waals surface area contributed by atoms with E-state index in [9.17, 15) is 13.2 Å². The predicted octanol–water partition coefficient (Wildman–Crippen LogP) is 1.60. The number of carboxylic acids is 1. The summed E-state index contributed by atoms with van der Waals surface area (Å²) < 4.78 is 26.1. The second-order valence-corrected chi connectivity index (χ2v) is 6.43. The van der Waals surface area contributed by atoms with Crippen molar-refractivity contribution in [3.05, 3.63) is 59.9 Å². The topological polar surface area (TPSA) is 87.6 Å². The minimum absolute atomic E-state index is 0.138. The Kier molecular flexibility index (Phi) is 4.35. The lowest BCUT2D eigenvalue weighted by Gasteiger charge is -2.18. The molecule has 0 fully saturated rings. The number of carboxylic acid groups (broad SMARTS) is 1. The monoisotopic (exact) mass is 306 g/mol. The van der Waals surface area contributed by atoms with E-state index in [4.69, 9.17) is 5.11 Å². The molecule has 0 spiro atoms. The molecule has 1 aromatic heterocycles. The van der Waals surface area contributed by atoms with Gasteiger partial charge < -0.3 is 5.11 Å². The van der Waals surface area contributed by atoms with E-state index in [1.807, 2.05) is 0 Å². The molecule has 0 aliphatic heterocycles. The fraction of sp³-hybridized carbons (Fsp3) is 0.143. The van der Waals surface area contributed by atoms with Crippen LogP contribution in [0.2, 0.25) is 0 Å². The molecule has 2 rings (SSSR count). The van der Waals surface area contributed by atoms with Crippen LogP contribution >= 0.6 is 0 Å². The first kappa shape index (κ1) is 15.1. The number of aromatic nitrogens is 1. The molecule has 0 atom stereocenters. The van der Waals surface area contributed by atoms with E-state index in [0.29, 0.717) is 0 Å². The number of sulfonamides is 1. The summed E-state index contributed by atoms with van der Waals surface area (Å²) in [5.41, 5.74) is 0.531. The highest BCUT2D eigenvalue weighted by molar-refractivity contribution is 7.89. The summed E-state index contributed by atoms with van der Waals surface area (Å²) in [6.45, 7) is 0.138. The van der Waals surface area contributed by atoms with E-state index in [-0.39, 0.29) is 17.0 Å². The first-order chi connectivity index (χ1) is 9.93. The number of rotatable bonds is 5. The zero-order valence-electron chi connectivity index (χ0n) is 11.3. The first-order valence-corrected chi connectivity index (χ1v) is 7.54. The van der Waals surface area contributed by atoms with Gasteiger partial charge in [-0.2, -0.15) is 4.31 Å². The van der Waals surface area contributed by atoms with Crippen molar-refractivity contribution >= 4 is 16.0 Å². The Morgan fingerprint density at radius 3 is 2.43 bits per heavy atom. The average Bonchev–Trinajstić information content (AvgIpc) is 2.48. The molecule has 7 heteroatoms. The lowest BCUT2D eigenvalue weighted by atomic mass is 10.2. The van der Waals surface area contributed by atoms with Gasteiger partial charge in [-0.25, -0.2) is 13.2 Å². The number of hydrogen-bond acceptors (Lipinski definition) is 4. The third-order valence-corrected chi connectivity index (χ3v) is 4.82. The average molecular weight is 306 g/mol. The van der Waals surface area contributed by atoms with Crippen LogP contribution in [0.25, 0.3) is 0 Å². The second-order valence-electron chi connectivity index (χ2n) is 4.42. The molecule has 0 aliphatic carbocycles. The lowest BCUT2D eigenvalue weighted by molar-refractivity contribution is 0.0692. The number of carbonyl (C=O) groups is 1. The van der Waals surface area contributed by atoms with Gasteiger partial charge in [0, 0.05) is 26.0 Å². The number of pyridine rings is 1. The molecule has 0 radical (unpaired) electrons. The Morgan fingerprint density at radius 1 is 1.19 bits per heavy atom. The summed E-state index contributed by atoms with van der Waals surface area (Å²) in [6, 6.07) is 8.96. The number of aromatic carboxylic acids is 1. The van der Waals surface area contributed by atoms with Crippen LogP contribution in [-0.4, -0.2) is 35.8 Å². The van der Waals surface area contributed by atoms with Gasteiger partial charge in [-0.05, 0) is 29.8 Å². The molecule has 0 bridgehead atoms. The zero-order chi connectivity index (χ0) is 15.5. The maximum absolute atomic E-state index is 12.5. The van der Waals surface area contributed by atoms with Crippen molar-refractivity contribution in [3.8, 4) is 0 Å². The Labute approximate surface area is 122 Å². The van der Waals surface area contributed by atoms with E-state index in [0.717, 1.165) is 9.87 Å². The lowest BCUT2D eigenvalue weighted by Crippen LogP contribution is -2.28. The summed E-state index contributed by atoms with van der Waals surface area (Å²) in [5.74, 6) is -1.27. The predicted molar refractivity (Wildman–Crippen MR) is 76.3 cm³/mol. The highest BCUT2D eigenvalue weighted by atomic mass is 32.2. The molecule has 0 unspecified atom stereocenters. The summed E-state index contributed by atoms with van der Waals surface area (Å²) in [7, 11) is -2.47. The van der Waals surface area contributed by atoms with Crippen molar-refractivity contribution in [3.63, 3.8) is 0 Å². The van der Waals surface area contributed by atoms with Gasteiger partial charge in [0.2, 0.25) is 10.0 Å². The van der Waals surface area contributed by atoms with E-state index in [2.05, 4.69) is 4.98 Å². The minimum atomic E-state index is -3.88. The van der Waals surface area contributed by atoms with Gasteiger partial charge in [0.25, 0.3) is 0 Å².